The van der Waals surface area contributed by atoms with Crippen LogP contribution in [0.5, 0.6) is 0 Å². The van der Waals surface area contributed by atoms with E-state index in [-0.39, 0.29) is 19.1 Å². The van der Waals surface area contributed by atoms with E-state index < -0.39 is 48.9 Å². The number of halogens is 7. The van der Waals surface area contributed by atoms with Gasteiger partial charge in [0.1, 0.15) is 0 Å². The van der Waals surface area contributed by atoms with E-state index in [0.717, 1.165) is 12.8 Å². The molecule has 1 saturated carbocycles. The third kappa shape index (κ3) is 11.5. The van der Waals surface area contributed by atoms with Crippen LogP contribution in [0.2, 0.25) is 0 Å². The zero-order valence-corrected chi connectivity index (χ0v) is 20.9. The second-order valence-corrected chi connectivity index (χ2v) is 9.50. The highest BCUT2D eigenvalue weighted by Crippen LogP contribution is 2.54. The molecule has 0 amide bonds. The molecule has 2 atom stereocenters. The molecule has 0 aromatic rings. The molecule has 1 rings (SSSR count). The van der Waals surface area contributed by atoms with Gasteiger partial charge in [-0.05, 0) is 59.8 Å². The highest BCUT2D eigenvalue weighted by molar-refractivity contribution is 5.13. The van der Waals surface area contributed by atoms with Crippen molar-refractivity contribution in [3.05, 3.63) is 0 Å². The Morgan fingerprint density at radius 3 is 1.77 bits per heavy atom. The number of alkyl halides is 7. The summed E-state index contributed by atoms with van der Waals surface area (Å²) in [5.41, 5.74) is -0.470. The molecule has 2 unspecified atom stereocenters. The third-order valence-corrected chi connectivity index (χ3v) is 5.43. The van der Waals surface area contributed by atoms with E-state index in [1.54, 1.807) is 0 Å². The Morgan fingerprint density at radius 2 is 1.20 bits per heavy atom. The van der Waals surface area contributed by atoms with E-state index in [1.165, 1.54) is 0 Å². The first-order valence-electron chi connectivity index (χ1n) is 12.0. The summed E-state index contributed by atoms with van der Waals surface area (Å²) >= 11 is 0. The van der Waals surface area contributed by atoms with Gasteiger partial charge in [-0.15, -0.1) is 0 Å². The lowest BCUT2D eigenvalue weighted by atomic mass is 9.81. The molecule has 1 aliphatic carbocycles. The molecular weight excluding hydrogens is 489 g/mol. The fraction of sp³-hybridized carbons (Fsp3) is 1.00. The van der Waals surface area contributed by atoms with Gasteiger partial charge in [0.05, 0.1) is 24.7 Å². The van der Waals surface area contributed by atoms with Gasteiger partial charge < -0.3 is 23.7 Å². The summed E-state index contributed by atoms with van der Waals surface area (Å²) < 4.78 is 117. The van der Waals surface area contributed by atoms with E-state index in [4.69, 9.17) is 18.9 Å². The smallest absolute Gasteiger partial charge is 0.381 e. The van der Waals surface area contributed by atoms with Gasteiger partial charge in [0, 0.05) is 33.0 Å². The van der Waals surface area contributed by atoms with Crippen molar-refractivity contribution < 1.29 is 54.4 Å². The lowest BCUT2D eigenvalue weighted by molar-refractivity contribution is -0.400. The quantitative estimate of drug-likeness (QED) is 0.148. The van der Waals surface area contributed by atoms with Crippen molar-refractivity contribution in [2.75, 3.05) is 39.6 Å². The van der Waals surface area contributed by atoms with E-state index >= 15 is 0 Å². The van der Waals surface area contributed by atoms with Crippen molar-refractivity contribution in [3.8, 4) is 0 Å². The summed E-state index contributed by atoms with van der Waals surface area (Å²) in [5.74, 6) is -9.09. The molecule has 0 N–H and O–H groups in total. The molecule has 0 heterocycles. The Kier molecular flexibility index (Phi) is 13.2. The average molecular weight is 529 g/mol. The SMILES string of the molecule is CC(C)OCCCCOCCC(C)(C)OCCCCOC1C(OCCC(F)(F)F)C(F)(F)C1(F)F. The number of unbranched alkanes of at least 4 members (excludes halogenated alkanes) is 2. The molecule has 0 spiro atoms. The standard InChI is InChI=1S/C23H39F7O5/c1-17(2)32-12-6-5-11-31-15-9-20(3,4)35-14-8-7-13-33-18-19(23(29,30)22(18,27)28)34-16-10-21(24,25)26/h17-19H,5-16H2,1-4H3. The second kappa shape index (κ2) is 14.3. The van der Waals surface area contributed by atoms with Gasteiger partial charge in [-0.1, -0.05) is 0 Å². The minimum atomic E-state index is -4.64. The zero-order valence-electron chi connectivity index (χ0n) is 20.9. The van der Waals surface area contributed by atoms with Crippen LogP contribution < -0.4 is 0 Å². The van der Waals surface area contributed by atoms with Crippen LogP contribution in [-0.4, -0.2) is 81.6 Å². The summed E-state index contributed by atoms with van der Waals surface area (Å²) in [4.78, 5) is 0. The summed E-state index contributed by atoms with van der Waals surface area (Å²) in [7, 11) is 0. The van der Waals surface area contributed by atoms with Crippen LogP contribution in [0.15, 0.2) is 0 Å². The van der Waals surface area contributed by atoms with Crippen LogP contribution in [0, 0.1) is 0 Å². The molecule has 0 aromatic carbocycles. The lowest BCUT2D eigenvalue weighted by Gasteiger charge is -2.49. The van der Waals surface area contributed by atoms with Gasteiger partial charge in [0.25, 0.3) is 0 Å². The predicted molar refractivity (Wildman–Crippen MR) is 115 cm³/mol. The van der Waals surface area contributed by atoms with Crippen LogP contribution >= 0.6 is 0 Å². The maximum absolute atomic E-state index is 13.7. The predicted octanol–water partition coefficient (Wildman–Crippen LogP) is 6.18. The van der Waals surface area contributed by atoms with Crippen LogP contribution in [0.3, 0.4) is 0 Å². The van der Waals surface area contributed by atoms with Crippen LogP contribution in [0.1, 0.15) is 66.2 Å². The molecule has 0 bridgehead atoms. The molecule has 5 nitrogen and oxygen atoms in total. The Morgan fingerprint density at radius 1 is 0.686 bits per heavy atom. The molecule has 0 aromatic heterocycles. The summed E-state index contributed by atoms with van der Waals surface area (Å²) in [6.45, 7) is 8.47. The number of hydrogen-bond acceptors (Lipinski definition) is 5. The topological polar surface area (TPSA) is 46.2 Å². The van der Waals surface area contributed by atoms with Crippen LogP contribution in [0.25, 0.3) is 0 Å². The van der Waals surface area contributed by atoms with Gasteiger partial charge in [-0.2, -0.15) is 30.7 Å². The average Bonchev–Trinajstić information content (AvgIpc) is 2.72. The van der Waals surface area contributed by atoms with Crippen molar-refractivity contribution >= 4 is 0 Å². The van der Waals surface area contributed by atoms with Gasteiger partial charge >= 0.3 is 18.0 Å². The van der Waals surface area contributed by atoms with E-state index in [2.05, 4.69) is 4.74 Å². The monoisotopic (exact) mass is 528 g/mol. The first-order valence-corrected chi connectivity index (χ1v) is 12.0. The van der Waals surface area contributed by atoms with Crippen molar-refractivity contribution in [2.24, 2.45) is 0 Å². The van der Waals surface area contributed by atoms with Crippen LogP contribution in [0.4, 0.5) is 30.7 Å². The Balaban J connectivity index is 2.18. The first-order chi connectivity index (χ1) is 16.1. The fourth-order valence-electron chi connectivity index (χ4n) is 3.23. The number of hydrogen-bond donors (Lipinski definition) is 0. The molecular formula is C23H39F7O5. The number of rotatable bonds is 19. The summed E-state index contributed by atoms with van der Waals surface area (Å²) in [5, 5.41) is 0. The number of ether oxygens (including phenoxy) is 5. The van der Waals surface area contributed by atoms with E-state index in [1.807, 2.05) is 27.7 Å². The van der Waals surface area contributed by atoms with Crippen molar-refractivity contribution in [2.45, 2.75) is 108 Å². The van der Waals surface area contributed by atoms with Crippen molar-refractivity contribution in [1.82, 2.24) is 0 Å². The minimum absolute atomic E-state index is 0.215. The Bertz CT molecular complexity index is 585. The minimum Gasteiger partial charge on any atom is -0.381 e. The molecule has 35 heavy (non-hydrogen) atoms. The van der Waals surface area contributed by atoms with Gasteiger partial charge in [0.2, 0.25) is 0 Å². The lowest BCUT2D eigenvalue weighted by Crippen LogP contribution is -2.75. The largest absolute Gasteiger partial charge is 0.391 e. The highest BCUT2D eigenvalue weighted by atomic mass is 19.4. The van der Waals surface area contributed by atoms with Crippen LogP contribution in [-0.2, 0) is 23.7 Å². The van der Waals surface area contributed by atoms with Crippen molar-refractivity contribution in [1.29, 1.82) is 0 Å². The molecule has 0 radical (unpaired) electrons. The summed E-state index contributed by atoms with van der Waals surface area (Å²) in [6, 6.07) is 0. The fourth-order valence-corrected chi connectivity index (χ4v) is 3.23. The van der Waals surface area contributed by atoms with Gasteiger partial charge in [-0.25, -0.2) is 0 Å². The van der Waals surface area contributed by atoms with Gasteiger partial charge in [0.15, 0.2) is 12.2 Å². The summed E-state index contributed by atoms with van der Waals surface area (Å²) in [6.07, 6.45) is -7.51. The molecule has 1 fully saturated rings. The van der Waals surface area contributed by atoms with E-state index in [9.17, 15) is 30.7 Å². The third-order valence-electron chi connectivity index (χ3n) is 5.43. The van der Waals surface area contributed by atoms with E-state index in [0.29, 0.717) is 39.3 Å². The second-order valence-electron chi connectivity index (χ2n) is 9.50. The molecule has 210 valence electrons. The highest BCUT2D eigenvalue weighted by Gasteiger charge is 2.80. The molecule has 0 saturated heterocycles. The zero-order chi connectivity index (χ0) is 26.8. The molecule has 0 aliphatic heterocycles. The Hall–Kier alpha value is -0.690. The maximum Gasteiger partial charge on any atom is 0.391 e. The molecule has 12 heteroatoms. The first kappa shape index (κ1) is 32.3. The maximum atomic E-state index is 13.7. The Labute approximate surface area is 202 Å². The normalized spacial score (nSPS) is 21.9. The van der Waals surface area contributed by atoms with Gasteiger partial charge in [-0.3, -0.25) is 0 Å². The van der Waals surface area contributed by atoms with Crippen molar-refractivity contribution in [3.63, 3.8) is 0 Å². The molecule has 1 aliphatic rings.